The molecule has 2 amide bonds. The van der Waals surface area contributed by atoms with Crippen LogP contribution >= 0.6 is 0 Å². The van der Waals surface area contributed by atoms with Crippen LogP contribution in [0.4, 0.5) is 4.79 Å². The average Bonchev–Trinajstić information content (AvgIpc) is 2.24. The van der Waals surface area contributed by atoms with Crippen LogP contribution in [0.3, 0.4) is 0 Å². The molecule has 0 bridgehead atoms. The molecule has 0 unspecified atom stereocenters. The third kappa shape index (κ3) is 5.56. The molecule has 0 aliphatic carbocycles. The fraction of sp³-hybridized carbons (Fsp3) is 0.833. The molecule has 0 saturated heterocycles. The molecule has 2 N–H and O–H groups in total. The number of methoxy groups -OCH3 is 1. The molecule has 0 rings (SSSR count). The van der Waals surface area contributed by atoms with Gasteiger partial charge in [-0.2, -0.15) is 0 Å². The SMILES string of the molecule is COC(=O)N[C@H](C(=O)N[C@@H](C)C(C)C)C(C)C. The van der Waals surface area contributed by atoms with E-state index in [1.54, 1.807) is 0 Å². The highest BCUT2D eigenvalue weighted by atomic mass is 16.5. The molecular weight excluding hydrogens is 220 g/mol. The molecule has 0 aromatic heterocycles. The van der Waals surface area contributed by atoms with Crippen molar-refractivity contribution in [3.8, 4) is 0 Å². The smallest absolute Gasteiger partial charge is 0.407 e. The summed E-state index contributed by atoms with van der Waals surface area (Å²) in [7, 11) is 1.28. The predicted octanol–water partition coefficient (Wildman–Crippen LogP) is 1.53. The topological polar surface area (TPSA) is 67.4 Å². The first-order valence-electron chi connectivity index (χ1n) is 5.94. The minimum atomic E-state index is -0.587. The molecule has 0 spiro atoms. The summed E-state index contributed by atoms with van der Waals surface area (Å²) in [5.41, 5.74) is 0. The summed E-state index contributed by atoms with van der Waals surface area (Å²) in [6.45, 7) is 9.75. The Bertz CT molecular complexity index is 264. The number of ether oxygens (including phenoxy) is 1. The van der Waals surface area contributed by atoms with Crippen LogP contribution in [0, 0.1) is 11.8 Å². The molecule has 5 heteroatoms. The lowest BCUT2D eigenvalue weighted by Crippen LogP contribution is -2.52. The lowest BCUT2D eigenvalue weighted by Gasteiger charge is -2.24. The van der Waals surface area contributed by atoms with Crippen LogP contribution in [0.2, 0.25) is 0 Å². The summed E-state index contributed by atoms with van der Waals surface area (Å²) < 4.78 is 4.50. The maximum absolute atomic E-state index is 12.0. The summed E-state index contributed by atoms with van der Waals surface area (Å²) in [5.74, 6) is 0.185. The monoisotopic (exact) mass is 244 g/mol. The van der Waals surface area contributed by atoms with Crippen LogP contribution in [-0.2, 0) is 9.53 Å². The van der Waals surface area contributed by atoms with Gasteiger partial charge in [0.25, 0.3) is 0 Å². The number of alkyl carbamates (subject to hydrolysis) is 1. The summed E-state index contributed by atoms with van der Waals surface area (Å²) in [6, 6.07) is -0.494. The third-order valence-corrected chi connectivity index (χ3v) is 2.78. The van der Waals surface area contributed by atoms with Crippen molar-refractivity contribution >= 4 is 12.0 Å². The molecule has 0 aromatic rings. The quantitative estimate of drug-likeness (QED) is 0.770. The van der Waals surface area contributed by atoms with E-state index in [0.29, 0.717) is 5.92 Å². The van der Waals surface area contributed by atoms with Gasteiger partial charge in [0.1, 0.15) is 6.04 Å². The molecular formula is C12H24N2O3. The van der Waals surface area contributed by atoms with Gasteiger partial charge in [-0.05, 0) is 18.8 Å². The van der Waals surface area contributed by atoms with Gasteiger partial charge in [-0.15, -0.1) is 0 Å². The van der Waals surface area contributed by atoms with Gasteiger partial charge >= 0.3 is 6.09 Å². The zero-order valence-corrected chi connectivity index (χ0v) is 11.5. The van der Waals surface area contributed by atoms with Crippen molar-refractivity contribution in [2.75, 3.05) is 7.11 Å². The Morgan fingerprint density at radius 2 is 1.47 bits per heavy atom. The molecule has 0 aliphatic rings. The van der Waals surface area contributed by atoms with Gasteiger partial charge in [0.05, 0.1) is 7.11 Å². The Morgan fingerprint density at radius 1 is 0.941 bits per heavy atom. The van der Waals surface area contributed by atoms with Crippen LogP contribution in [0.1, 0.15) is 34.6 Å². The highest BCUT2D eigenvalue weighted by Crippen LogP contribution is 2.05. The second kappa shape index (κ2) is 7.14. The Hall–Kier alpha value is -1.26. The summed E-state index contributed by atoms with van der Waals surface area (Å²) >= 11 is 0. The van der Waals surface area contributed by atoms with E-state index in [0.717, 1.165) is 0 Å². The van der Waals surface area contributed by atoms with Crippen molar-refractivity contribution < 1.29 is 14.3 Å². The minimum Gasteiger partial charge on any atom is -0.453 e. The molecule has 0 radical (unpaired) electrons. The Kier molecular flexibility index (Phi) is 6.61. The Labute approximate surface area is 103 Å². The van der Waals surface area contributed by atoms with Crippen LogP contribution in [0.15, 0.2) is 0 Å². The van der Waals surface area contributed by atoms with Crippen LogP contribution in [0.25, 0.3) is 0 Å². The molecule has 100 valence electrons. The fourth-order valence-corrected chi connectivity index (χ4v) is 1.20. The number of carbonyl (C=O) groups is 2. The molecule has 5 nitrogen and oxygen atoms in total. The molecule has 0 saturated carbocycles. The van der Waals surface area contributed by atoms with Gasteiger partial charge in [-0.25, -0.2) is 4.79 Å². The highest BCUT2D eigenvalue weighted by Gasteiger charge is 2.25. The zero-order valence-electron chi connectivity index (χ0n) is 11.5. The van der Waals surface area contributed by atoms with E-state index in [2.05, 4.69) is 15.4 Å². The van der Waals surface area contributed by atoms with Crippen molar-refractivity contribution in [1.29, 1.82) is 0 Å². The first-order valence-corrected chi connectivity index (χ1v) is 5.94. The van der Waals surface area contributed by atoms with Gasteiger partial charge in [0.2, 0.25) is 5.91 Å². The number of hydrogen-bond donors (Lipinski definition) is 2. The van der Waals surface area contributed by atoms with Crippen LogP contribution in [-0.4, -0.2) is 31.2 Å². The first kappa shape index (κ1) is 15.7. The molecule has 2 atom stereocenters. The Balaban J connectivity index is 4.50. The second-order valence-electron chi connectivity index (χ2n) is 4.90. The number of hydrogen-bond acceptors (Lipinski definition) is 3. The summed E-state index contributed by atoms with van der Waals surface area (Å²) in [5, 5.41) is 5.42. The third-order valence-electron chi connectivity index (χ3n) is 2.78. The first-order chi connectivity index (χ1) is 7.79. The maximum Gasteiger partial charge on any atom is 0.407 e. The van der Waals surface area contributed by atoms with E-state index in [-0.39, 0.29) is 17.9 Å². The van der Waals surface area contributed by atoms with Gasteiger partial charge in [-0.3, -0.25) is 4.79 Å². The van der Waals surface area contributed by atoms with Crippen molar-refractivity contribution in [2.45, 2.75) is 46.7 Å². The zero-order chi connectivity index (χ0) is 13.6. The molecule has 0 fully saturated rings. The van der Waals surface area contributed by atoms with Gasteiger partial charge in [-0.1, -0.05) is 27.7 Å². The van der Waals surface area contributed by atoms with Gasteiger partial charge in [0.15, 0.2) is 0 Å². The molecule has 17 heavy (non-hydrogen) atoms. The van der Waals surface area contributed by atoms with Crippen molar-refractivity contribution in [3.05, 3.63) is 0 Å². The number of rotatable bonds is 5. The normalized spacial score (nSPS) is 14.4. The van der Waals surface area contributed by atoms with Gasteiger partial charge < -0.3 is 15.4 Å². The van der Waals surface area contributed by atoms with Gasteiger partial charge in [0, 0.05) is 6.04 Å². The van der Waals surface area contributed by atoms with E-state index in [1.807, 2.05) is 34.6 Å². The maximum atomic E-state index is 12.0. The van der Waals surface area contributed by atoms with Crippen LogP contribution in [0.5, 0.6) is 0 Å². The second-order valence-corrected chi connectivity index (χ2v) is 4.90. The lowest BCUT2D eigenvalue weighted by atomic mass is 10.0. The summed E-state index contributed by atoms with van der Waals surface area (Å²) in [6.07, 6.45) is -0.587. The van der Waals surface area contributed by atoms with Crippen LogP contribution < -0.4 is 10.6 Å². The predicted molar refractivity (Wildman–Crippen MR) is 66.6 cm³/mol. The van der Waals surface area contributed by atoms with E-state index in [9.17, 15) is 9.59 Å². The van der Waals surface area contributed by atoms with E-state index in [4.69, 9.17) is 0 Å². The van der Waals surface area contributed by atoms with Crippen molar-refractivity contribution in [3.63, 3.8) is 0 Å². The highest BCUT2D eigenvalue weighted by molar-refractivity contribution is 5.86. The largest absolute Gasteiger partial charge is 0.453 e. The van der Waals surface area contributed by atoms with E-state index < -0.39 is 12.1 Å². The standard InChI is InChI=1S/C12H24N2O3/c1-7(2)9(5)13-11(15)10(8(3)4)14-12(16)17-6/h7-10H,1-6H3,(H,13,15)(H,14,16)/t9-,10-/m0/s1. The molecule has 0 aromatic carbocycles. The Morgan fingerprint density at radius 3 is 1.82 bits per heavy atom. The molecule has 0 heterocycles. The van der Waals surface area contributed by atoms with E-state index >= 15 is 0 Å². The van der Waals surface area contributed by atoms with Crippen molar-refractivity contribution in [1.82, 2.24) is 10.6 Å². The average molecular weight is 244 g/mol. The minimum absolute atomic E-state index is 0.00784. The number of carbonyl (C=O) groups excluding carboxylic acids is 2. The lowest BCUT2D eigenvalue weighted by molar-refractivity contribution is -0.124. The number of amides is 2. The summed E-state index contributed by atoms with van der Waals surface area (Å²) in [4.78, 5) is 23.1. The van der Waals surface area contributed by atoms with Crippen molar-refractivity contribution in [2.24, 2.45) is 11.8 Å². The fourth-order valence-electron chi connectivity index (χ4n) is 1.20. The number of nitrogens with one attached hydrogen (secondary N) is 2. The van der Waals surface area contributed by atoms with E-state index in [1.165, 1.54) is 7.11 Å². The molecule has 0 aliphatic heterocycles.